The molecule has 5 nitrogen and oxygen atoms in total. The number of benzene rings is 2. The largest absolute Gasteiger partial charge is 0.341 e. The Labute approximate surface area is 213 Å². The Hall–Kier alpha value is -3.31. The van der Waals surface area contributed by atoms with Crippen molar-refractivity contribution in [3.63, 3.8) is 0 Å². The Morgan fingerprint density at radius 2 is 1.80 bits per heavy atom. The molecule has 5 rings (SSSR count). The third-order valence-electron chi connectivity index (χ3n) is 6.21. The van der Waals surface area contributed by atoms with Gasteiger partial charge in [-0.1, -0.05) is 48.5 Å². The Balaban J connectivity index is 1.27. The lowest BCUT2D eigenvalue weighted by molar-refractivity contribution is -0.130. The molecule has 2 aromatic heterocycles. The van der Waals surface area contributed by atoms with Crippen molar-refractivity contribution in [2.45, 2.75) is 19.4 Å². The molecular formula is C28H26N4OS2. The van der Waals surface area contributed by atoms with Crippen molar-refractivity contribution in [3.8, 4) is 27.2 Å². The number of amides is 1. The normalized spacial score (nSPS) is 14.4. The molecule has 4 aromatic rings. The molecule has 176 valence electrons. The van der Waals surface area contributed by atoms with Crippen LogP contribution in [0, 0.1) is 11.3 Å². The van der Waals surface area contributed by atoms with Crippen LogP contribution in [0.25, 0.3) is 21.1 Å². The zero-order valence-corrected chi connectivity index (χ0v) is 21.0. The average molecular weight is 499 g/mol. The lowest BCUT2D eigenvalue weighted by Gasteiger charge is -2.22. The highest BCUT2D eigenvalue weighted by Gasteiger charge is 2.23. The van der Waals surface area contributed by atoms with Gasteiger partial charge in [-0.05, 0) is 35.6 Å². The topological polar surface area (TPSA) is 60.2 Å². The summed E-state index contributed by atoms with van der Waals surface area (Å²) in [6.07, 6.45) is 1.34. The van der Waals surface area contributed by atoms with Crippen molar-refractivity contribution in [3.05, 3.63) is 88.1 Å². The molecule has 1 amide bonds. The number of carbonyl (C=O) groups is 1. The monoisotopic (exact) mass is 498 g/mol. The number of hydrogen-bond donors (Lipinski definition) is 0. The van der Waals surface area contributed by atoms with Gasteiger partial charge in [-0.25, -0.2) is 4.98 Å². The van der Waals surface area contributed by atoms with Gasteiger partial charge in [-0.2, -0.15) is 5.26 Å². The maximum Gasteiger partial charge on any atom is 0.227 e. The molecule has 0 spiro atoms. The van der Waals surface area contributed by atoms with Crippen molar-refractivity contribution in [2.24, 2.45) is 0 Å². The molecule has 1 fully saturated rings. The minimum atomic E-state index is 0.172. The van der Waals surface area contributed by atoms with Gasteiger partial charge >= 0.3 is 0 Å². The van der Waals surface area contributed by atoms with Crippen LogP contribution in [-0.4, -0.2) is 46.9 Å². The number of hydrogen-bond acceptors (Lipinski definition) is 6. The fraction of sp³-hybridized carbons (Fsp3) is 0.250. The Morgan fingerprint density at radius 1 is 0.971 bits per heavy atom. The number of carbonyl (C=O) groups excluding carboxylic acids is 1. The maximum atomic E-state index is 13.4. The molecule has 0 saturated carbocycles. The number of nitriles is 1. The Morgan fingerprint density at radius 3 is 2.54 bits per heavy atom. The van der Waals surface area contributed by atoms with Crippen LogP contribution in [0.2, 0.25) is 0 Å². The van der Waals surface area contributed by atoms with E-state index in [0.717, 1.165) is 65.2 Å². The van der Waals surface area contributed by atoms with E-state index in [0.29, 0.717) is 12.0 Å². The zero-order valence-electron chi connectivity index (χ0n) is 19.4. The molecule has 0 N–H and O–H groups in total. The summed E-state index contributed by atoms with van der Waals surface area (Å²) in [6.45, 7) is 4.16. The van der Waals surface area contributed by atoms with E-state index in [1.165, 1.54) is 5.56 Å². The smallest absolute Gasteiger partial charge is 0.227 e. The lowest BCUT2D eigenvalue weighted by atomic mass is 10.1. The summed E-state index contributed by atoms with van der Waals surface area (Å²) in [6, 6.07) is 24.2. The van der Waals surface area contributed by atoms with Gasteiger partial charge in [-0.3, -0.25) is 9.69 Å². The average Bonchev–Trinajstić information content (AvgIpc) is 3.51. The molecular weight excluding hydrogens is 472 g/mol. The highest BCUT2D eigenvalue weighted by atomic mass is 32.1. The van der Waals surface area contributed by atoms with Gasteiger partial charge in [0.25, 0.3) is 0 Å². The summed E-state index contributed by atoms with van der Waals surface area (Å²) in [5, 5.41) is 12.0. The first-order valence-electron chi connectivity index (χ1n) is 11.8. The van der Waals surface area contributed by atoms with E-state index in [1.54, 1.807) is 22.7 Å². The number of thiazole rings is 1. The van der Waals surface area contributed by atoms with Gasteiger partial charge < -0.3 is 4.90 Å². The molecule has 3 heterocycles. The number of rotatable bonds is 6. The van der Waals surface area contributed by atoms with Crippen LogP contribution in [-0.2, 0) is 17.8 Å². The third kappa shape index (κ3) is 5.68. The predicted molar refractivity (Wildman–Crippen MR) is 142 cm³/mol. The summed E-state index contributed by atoms with van der Waals surface area (Å²) < 4.78 is 0. The molecule has 0 bridgehead atoms. The fourth-order valence-corrected chi connectivity index (χ4v) is 6.23. The standard InChI is InChI=1S/C28H26N4OS2/c29-19-21-9-11-22(12-10-21)20-31-13-5-14-32(16-15-31)26(33)18-25-27(24-8-4-17-34-24)30-28(35-25)23-6-2-1-3-7-23/h1-4,6-12,17H,5,13-16,18,20H2. The van der Waals surface area contributed by atoms with Crippen LogP contribution in [0.4, 0.5) is 0 Å². The number of aromatic nitrogens is 1. The van der Waals surface area contributed by atoms with Gasteiger partial charge in [0.05, 0.1) is 28.6 Å². The van der Waals surface area contributed by atoms with Crippen molar-refractivity contribution < 1.29 is 4.79 Å². The molecule has 0 aliphatic carbocycles. The van der Waals surface area contributed by atoms with E-state index in [4.69, 9.17) is 10.2 Å². The van der Waals surface area contributed by atoms with Gasteiger partial charge in [0, 0.05) is 43.2 Å². The Kier molecular flexibility index (Phi) is 7.34. The molecule has 0 radical (unpaired) electrons. The number of thiophene rings is 1. The van der Waals surface area contributed by atoms with E-state index in [2.05, 4.69) is 34.5 Å². The van der Waals surface area contributed by atoms with Crippen LogP contribution in [0.1, 0.15) is 22.4 Å². The van der Waals surface area contributed by atoms with Crippen LogP contribution in [0.5, 0.6) is 0 Å². The first-order valence-corrected chi connectivity index (χ1v) is 13.5. The molecule has 1 saturated heterocycles. The molecule has 0 unspecified atom stereocenters. The number of nitrogens with zero attached hydrogens (tertiary/aromatic N) is 4. The van der Waals surface area contributed by atoms with Crippen LogP contribution in [0.15, 0.2) is 72.1 Å². The highest BCUT2D eigenvalue weighted by molar-refractivity contribution is 7.17. The Bertz CT molecular complexity index is 1310. The lowest BCUT2D eigenvalue weighted by Crippen LogP contribution is -2.36. The van der Waals surface area contributed by atoms with Gasteiger partial charge in [0.15, 0.2) is 0 Å². The van der Waals surface area contributed by atoms with Crippen molar-refractivity contribution in [2.75, 3.05) is 26.2 Å². The van der Waals surface area contributed by atoms with Crippen LogP contribution in [0.3, 0.4) is 0 Å². The van der Waals surface area contributed by atoms with Gasteiger partial charge in [0.1, 0.15) is 5.01 Å². The van der Waals surface area contributed by atoms with E-state index in [1.807, 2.05) is 53.4 Å². The summed E-state index contributed by atoms with van der Waals surface area (Å²) in [7, 11) is 0. The SMILES string of the molecule is N#Cc1ccc(CN2CCCN(C(=O)Cc3sc(-c4ccccc4)nc3-c3cccs3)CC2)cc1. The fourth-order valence-electron chi connectivity index (χ4n) is 4.35. The second kappa shape index (κ2) is 11.0. The molecule has 0 atom stereocenters. The van der Waals surface area contributed by atoms with E-state index >= 15 is 0 Å². The maximum absolute atomic E-state index is 13.4. The van der Waals surface area contributed by atoms with Gasteiger partial charge in [-0.15, -0.1) is 22.7 Å². The second-order valence-electron chi connectivity index (χ2n) is 8.63. The summed E-state index contributed by atoms with van der Waals surface area (Å²) in [5.74, 6) is 0.172. The minimum absolute atomic E-state index is 0.172. The van der Waals surface area contributed by atoms with E-state index in [9.17, 15) is 4.79 Å². The highest BCUT2D eigenvalue weighted by Crippen LogP contribution is 2.36. The molecule has 7 heteroatoms. The first-order chi connectivity index (χ1) is 17.2. The van der Waals surface area contributed by atoms with E-state index < -0.39 is 0 Å². The summed E-state index contributed by atoms with van der Waals surface area (Å²) in [4.78, 5) is 24.9. The predicted octanol–water partition coefficient (Wildman–Crippen LogP) is 5.69. The second-order valence-corrected chi connectivity index (χ2v) is 10.7. The zero-order chi connectivity index (χ0) is 24.0. The van der Waals surface area contributed by atoms with Crippen LogP contribution < -0.4 is 0 Å². The molecule has 2 aromatic carbocycles. The van der Waals surface area contributed by atoms with E-state index in [-0.39, 0.29) is 5.91 Å². The molecule has 1 aliphatic rings. The summed E-state index contributed by atoms with van der Waals surface area (Å²) >= 11 is 3.29. The molecule has 1 aliphatic heterocycles. The quantitative estimate of drug-likeness (QED) is 0.343. The van der Waals surface area contributed by atoms with Gasteiger partial charge in [0.2, 0.25) is 5.91 Å². The minimum Gasteiger partial charge on any atom is -0.341 e. The van der Waals surface area contributed by atoms with Crippen molar-refractivity contribution in [1.82, 2.24) is 14.8 Å². The van der Waals surface area contributed by atoms with Crippen molar-refractivity contribution >= 4 is 28.6 Å². The van der Waals surface area contributed by atoms with Crippen molar-refractivity contribution in [1.29, 1.82) is 5.26 Å². The third-order valence-corrected chi connectivity index (χ3v) is 8.20. The first kappa shape index (κ1) is 23.4. The van der Waals surface area contributed by atoms with Crippen LogP contribution >= 0.6 is 22.7 Å². The summed E-state index contributed by atoms with van der Waals surface area (Å²) in [5.41, 5.74) is 3.90. The molecule has 35 heavy (non-hydrogen) atoms.